The van der Waals surface area contributed by atoms with Crippen molar-refractivity contribution in [2.45, 2.75) is 61.9 Å². The summed E-state index contributed by atoms with van der Waals surface area (Å²) < 4.78 is 35.1. The number of hydrogen-bond acceptors (Lipinski definition) is 6. The third kappa shape index (κ3) is 4.72. The van der Waals surface area contributed by atoms with E-state index in [-0.39, 0.29) is 17.0 Å². The van der Waals surface area contributed by atoms with Gasteiger partial charge in [-0.05, 0) is 87.3 Å². The Bertz CT molecular complexity index is 1010. The lowest BCUT2D eigenvalue weighted by molar-refractivity contribution is 0.113. The molecule has 2 aliphatic rings. The predicted octanol–water partition coefficient (Wildman–Crippen LogP) is 2.80. The Balaban J connectivity index is 1.69. The van der Waals surface area contributed by atoms with Gasteiger partial charge in [-0.25, -0.2) is 13.4 Å². The molecule has 2 unspecified atom stereocenters. The molecule has 1 aromatic heterocycles. The number of piperidine rings is 1. The zero-order valence-electron chi connectivity index (χ0n) is 19.5. The number of aromatic nitrogens is 2. The van der Waals surface area contributed by atoms with E-state index in [1.54, 1.807) is 24.2 Å². The van der Waals surface area contributed by atoms with E-state index in [1.807, 2.05) is 13.1 Å². The van der Waals surface area contributed by atoms with E-state index in [9.17, 15) is 8.42 Å². The van der Waals surface area contributed by atoms with Crippen LogP contribution in [0, 0.1) is 5.92 Å². The van der Waals surface area contributed by atoms with Crippen molar-refractivity contribution >= 4 is 9.84 Å². The second-order valence-corrected chi connectivity index (χ2v) is 11.2. The fourth-order valence-electron chi connectivity index (χ4n) is 5.39. The first-order valence-corrected chi connectivity index (χ1v) is 13.3. The minimum Gasteiger partial charge on any atom is -0.497 e. The van der Waals surface area contributed by atoms with Gasteiger partial charge in [0.15, 0.2) is 5.03 Å². The van der Waals surface area contributed by atoms with Crippen LogP contribution in [0.2, 0.25) is 0 Å². The Kier molecular flexibility index (Phi) is 7.22. The molecule has 2 atom stereocenters. The smallest absolute Gasteiger partial charge is 0.213 e. The maximum absolute atomic E-state index is 14.0. The standard InChI is InChI=1S/C24H36N4O3S/c1-4-13-28(21-7-5-20-15-22(31-3)8-6-19(20)14-21)24(18-9-11-25-12-10-18)32(29,30)23-16-27(2)17-26-23/h6,8,15-18,21,24-25H,4-5,7,9-14H2,1-3H3. The molecule has 1 aliphatic heterocycles. The number of benzene rings is 1. The van der Waals surface area contributed by atoms with Crippen LogP contribution >= 0.6 is 0 Å². The normalized spacial score (nSPS) is 20.8. The number of methoxy groups -OCH3 is 1. The van der Waals surface area contributed by atoms with Gasteiger partial charge in [0.05, 0.1) is 13.4 Å². The number of nitrogens with zero attached hydrogens (tertiary/aromatic N) is 3. The van der Waals surface area contributed by atoms with Crippen LogP contribution in [-0.4, -0.2) is 61.0 Å². The molecule has 0 spiro atoms. The second kappa shape index (κ2) is 9.93. The number of rotatable bonds is 8. The first kappa shape index (κ1) is 23.3. The van der Waals surface area contributed by atoms with Gasteiger partial charge >= 0.3 is 0 Å². The Morgan fingerprint density at radius 3 is 2.69 bits per heavy atom. The summed E-state index contributed by atoms with van der Waals surface area (Å²) in [6.07, 6.45) is 8.68. The van der Waals surface area contributed by atoms with Gasteiger partial charge < -0.3 is 14.6 Å². The van der Waals surface area contributed by atoms with Crippen LogP contribution in [0.4, 0.5) is 0 Å². The zero-order chi connectivity index (χ0) is 22.7. The molecule has 2 aromatic rings. The zero-order valence-corrected chi connectivity index (χ0v) is 20.3. The fraction of sp³-hybridized carbons (Fsp3) is 0.625. The van der Waals surface area contributed by atoms with Gasteiger partial charge in [0.2, 0.25) is 9.84 Å². The molecule has 1 aliphatic carbocycles. The number of fused-ring (bicyclic) bond motifs is 1. The minimum atomic E-state index is -3.59. The van der Waals surface area contributed by atoms with E-state index in [2.05, 4.69) is 34.3 Å². The van der Waals surface area contributed by atoms with E-state index in [1.165, 1.54) is 11.1 Å². The summed E-state index contributed by atoms with van der Waals surface area (Å²) >= 11 is 0. The Morgan fingerprint density at radius 2 is 2.03 bits per heavy atom. The van der Waals surface area contributed by atoms with Crippen molar-refractivity contribution in [2.24, 2.45) is 13.0 Å². The van der Waals surface area contributed by atoms with Crippen LogP contribution in [0.25, 0.3) is 0 Å². The maximum Gasteiger partial charge on any atom is 0.213 e. The summed E-state index contributed by atoms with van der Waals surface area (Å²) in [5, 5.41) is 3.06. The van der Waals surface area contributed by atoms with E-state index >= 15 is 0 Å². The molecule has 4 rings (SSSR count). The first-order chi connectivity index (χ1) is 15.4. The molecule has 1 aromatic carbocycles. The molecular formula is C24H36N4O3S. The van der Waals surface area contributed by atoms with Crippen molar-refractivity contribution in [1.29, 1.82) is 0 Å². The van der Waals surface area contributed by atoms with Crippen LogP contribution in [0.3, 0.4) is 0 Å². The van der Waals surface area contributed by atoms with Crippen LogP contribution in [-0.2, 0) is 29.7 Å². The quantitative estimate of drug-likeness (QED) is 0.653. The van der Waals surface area contributed by atoms with Gasteiger partial charge in [0, 0.05) is 19.3 Å². The van der Waals surface area contributed by atoms with Gasteiger partial charge in [-0.3, -0.25) is 4.90 Å². The average Bonchev–Trinajstić information content (AvgIpc) is 3.26. The third-order valence-corrected chi connectivity index (χ3v) is 9.06. The van der Waals surface area contributed by atoms with E-state index < -0.39 is 15.2 Å². The Hall–Kier alpha value is -1.90. The first-order valence-electron chi connectivity index (χ1n) is 11.8. The lowest BCUT2D eigenvalue weighted by atomic mass is 9.86. The Labute approximate surface area is 192 Å². The predicted molar refractivity (Wildman–Crippen MR) is 126 cm³/mol. The number of nitrogens with one attached hydrogen (secondary N) is 1. The number of sulfone groups is 1. The molecule has 1 N–H and O–H groups in total. The van der Waals surface area contributed by atoms with E-state index in [0.717, 1.165) is 63.9 Å². The average molecular weight is 461 g/mol. The van der Waals surface area contributed by atoms with Crippen LogP contribution in [0.1, 0.15) is 43.7 Å². The van der Waals surface area contributed by atoms with Gasteiger partial charge in [-0.2, -0.15) is 0 Å². The molecule has 1 saturated heterocycles. The highest BCUT2D eigenvalue weighted by molar-refractivity contribution is 7.92. The minimum absolute atomic E-state index is 0.104. The third-order valence-electron chi connectivity index (χ3n) is 6.97. The SMILES string of the molecule is CCCN(C1CCc2cc(OC)ccc2C1)C(C1CCNCC1)S(=O)(=O)c1cn(C)cn1. The van der Waals surface area contributed by atoms with E-state index in [4.69, 9.17) is 4.74 Å². The van der Waals surface area contributed by atoms with Crippen molar-refractivity contribution in [2.75, 3.05) is 26.7 Å². The number of imidazole rings is 1. The molecule has 1 fully saturated rings. The molecule has 32 heavy (non-hydrogen) atoms. The molecule has 7 nitrogen and oxygen atoms in total. The molecular weight excluding hydrogens is 424 g/mol. The van der Waals surface area contributed by atoms with Gasteiger partial charge in [-0.1, -0.05) is 13.0 Å². The van der Waals surface area contributed by atoms with Gasteiger partial charge in [0.25, 0.3) is 0 Å². The fourth-order valence-corrected chi connectivity index (χ4v) is 7.56. The highest BCUT2D eigenvalue weighted by Crippen LogP contribution is 2.35. The van der Waals surface area contributed by atoms with Crippen LogP contribution < -0.4 is 10.1 Å². The monoisotopic (exact) mass is 460 g/mol. The lowest BCUT2D eigenvalue weighted by Crippen LogP contribution is -2.54. The van der Waals surface area contributed by atoms with Crippen LogP contribution in [0.15, 0.2) is 35.7 Å². The largest absolute Gasteiger partial charge is 0.497 e. The van der Waals surface area contributed by atoms with Crippen molar-refractivity contribution in [3.63, 3.8) is 0 Å². The molecule has 0 bridgehead atoms. The summed E-state index contributed by atoms with van der Waals surface area (Å²) in [7, 11) is -0.0744. The second-order valence-electron chi connectivity index (χ2n) is 9.17. The number of ether oxygens (including phenoxy) is 1. The lowest BCUT2D eigenvalue weighted by Gasteiger charge is -2.43. The Morgan fingerprint density at radius 1 is 1.25 bits per heavy atom. The molecule has 0 radical (unpaired) electrons. The molecule has 2 heterocycles. The van der Waals surface area contributed by atoms with Gasteiger partial charge in [-0.15, -0.1) is 0 Å². The summed E-state index contributed by atoms with van der Waals surface area (Å²) in [5.41, 5.74) is 2.63. The van der Waals surface area contributed by atoms with Crippen molar-refractivity contribution < 1.29 is 13.2 Å². The highest BCUT2D eigenvalue weighted by Gasteiger charge is 2.43. The van der Waals surface area contributed by atoms with Crippen molar-refractivity contribution in [3.8, 4) is 5.75 Å². The highest BCUT2D eigenvalue weighted by atomic mass is 32.2. The van der Waals surface area contributed by atoms with Gasteiger partial charge in [0.1, 0.15) is 11.1 Å². The summed E-state index contributed by atoms with van der Waals surface area (Å²) in [4.78, 5) is 6.58. The van der Waals surface area contributed by atoms with Crippen molar-refractivity contribution in [3.05, 3.63) is 41.9 Å². The topological polar surface area (TPSA) is 76.5 Å². The summed E-state index contributed by atoms with van der Waals surface area (Å²) in [6, 6.07) is 6.50. The van der Waals surface area contributed by atoms with E-state index in [0.29, 0.717) is 0 Å². The molecule has 0 amide bonds. The molecule has 0 saturated carbocycles. The number of aryl methyl sites for hydroxylation is 2. The molecule has 8 heteroatoms. The maximum atomic E-state index is 14.0. The van der Waals surface area contributed by atoms with Crippen LogP contribution in [0.5, 0.6) is 5.75 Å². The van der Waals surface area contributed by atoms with Crippen molar-refractivity contribution in [1.82, 2.24) is 19.8 Å². The summed E-state index contributed by atoms with van der Waals surface area (Å²) in [5.74, 6) is 0.991. The summed E-state index contributed by atoms with van der Waals surface area (Å²) in [6.45, 7) is 4.65. The molecule has 176 valence electrons. The number of hydrogen-bond donors (Lipinski definition) is 1.